The Morgan fingerprint density at radius 3 is 2.77 bits per heavy atom. The van der Waals surface area contributed by atoms with Gasteiger partial charge in [-0.25, -0.2) is 4.79 Å². The molecule has 0 bridgehead atoms. The first-order valence-electron chi connectivity index (χ1n) is 6.63. The summed E-state index contributed by atoms with van der Waals surface area (Å²) in [6.07, 6.45) is 0.274. The van der Waals surface area contributed by atoms with Crippen molar-refractivity contribution < 1.29 is 33.7 Å². The molecule has 0 aliphatic carbocycles. The number of ether oxygens (including phenoxy) is 4. The third-order valence-electron chi connectivity index (χ3n) is 3.49. The zero-order valence-electron chi connectivity index (χ0n) is 12.1. The molecule has 1 aromatic rings. The maximum Gasteiger partial charge on any atom is 0.353 e. The first-order chi connectivity index (χ1) is 10.6. The molecule has 8 heteroatoms. The number of carboxylic acids is 1. The molecule has 0 radical (unpaired) electrons. The Morgan fingerprint density at radius 2 is 2.14 bits per heavy atom. The van der Waals surface area contributed by atoms with Gasteiger partial charge in [-0.05, 0) is 6.07 Å². The molecular formula is C14H15NO7. The first-order valence-corrected chi connectivity index (χ1v) is 6.63. The van der Waals surface area contributed by atoms with Gasteiger partial charge < -0.3 is 28.9 Å². The van der Waals surface area contributed by atoms with Crippen molar-refractivity contribution in [3.8, 4) is 23.0 Å². The van der Waals surface area contributed by atoms with E-state index in [0.717, 1.165) is 5.56 Å². The number of oxime groups is 1. The van der Waals surface area contributed by atoms with E-state index in [1.54, 1.807) is 6.07 Å². The van der Waals surface area contributed by atoms with Gasteiger partial charge in [0.05, 0.1) is 14.2 Å². The second-order valence-electron chi connectivity index (χ2n) is 4.81. The van der Waals surface area contributed by atoms with Gasteiger partial charge in [-0.2, -0.15) is 0 Å². The van der Waals surface area contributed by atoms with Crippen molar-refractivity contribution in [1.82, 2.24) is 0 Å². The molecule has 8 nitrogen and oxygen atoms in total. The van der Waals surface area contributed by atoms with Crippen LogP contribution in [0.2, 0.25) is 0 Å². The lowest BCUT2D eigenvalue weighted by Gasteiger charge is -2.15. The number of hydrogen-bond donors (Lipinski definition) is 1. The average molecular weight is 309 g/mol. The summed E-state index contributed by atoms with van der Waals surface area (Å²) in [5.41, 5.74) is 0.784. The molecule has 2 aliphatic heterocycles. The summed E-state index contributed by atoms with van der Waals surface area (Å²) < 4.78 is 21.5. The standard InChI is InChI=1S/C14H15NO7/c1-18-10-4-7(3-8-5-9(14(16)17)15-22-8)11(19-2)13-12(10)20-6-21-13/h4,8H,3,5-6H2,1-2H3,(H,16,17)/t8-/m0/s1. The highest BCUT2D eigenvalue weighted by molar-refractivity contribution is 6.35. The lowest BCUT2D eigenvalue weighted by Crippen LogP contribution is -2.16. The smallest absolute Gasteiger partial charge is 0.353 e. The summed E-state index contributed by atoms with van der Waals surface area (Å²) in [6, 6.07) is 1.77. The molecule has 22 heavy (non-hydrogen) atoms. The molecule has 1 atom stereocenters. The highest BCUT2D eigenvalue weighted by Crippen LogP contribution is 2.49. The number of carboxylic acid groups (broad SMARTS) is 1. The molecule has 0 aromatic heterocycles. The number of hydrogen-bond acceptors (Lipinski definition) is 7. The summed E-state index contributed by atoms with van der Waals surface area (Å²) in [5, 5.41) is 12.5. The molecule has 1 N–H and O–H groups in total. The van der Waals surface area contributed by atoms with Crippen molar-refractivity contribution in [1.29, 1.82) is 0 Å². The van der Waals surface area contributed by atoms with E-state index in [1.807, 2.05) is 0 Å². The summed E-state index contributed by atoms with van der Waals surface area (Å²) >= 11 is 0. The van der Waals surface area contributed by atoms with Crippen LogP contribution in [-0.2, 0) is 16.1 Å². The monoisotopic (exact) mass is 309 g/mol. The fraction of sp³-hybridized carbons (Fsp3) is 0.429. The quantitative estimate of drug-likeness (QED) is 0.873. The summed E-state index contributed by atoms with van der Waals surface area (Å²) in [5.74, 6) is 0.964. The van der Waals surface area contributed by atoms with Crippen molar-refractivity contribution in [2.24, 2.45) is 5.16 Å². The van der Waals surface area contributed by atoms with E-state index in [-0.39, 0.29) is 25.0 Å². The van der Waals surface area contributed by atoms with Crippen LogP contribution in [0.3, 0.4) is 0 Å². The van der Waals surface area contributed by atoms with Crippen molar-refractivity contribution in [2.45, 2.75) is 18.9 Å². The highest BCUT2D eigenvalue weighted by atomic mass is 16.7. The van der Waals surface area contributed by atoms with E-state index < -0.39 is 5.97 Å². The number of rotatable bonds is 5. The predicted octanol–water partition coefficient (Wildman–Crippen LogP) is 1.20. The molecule has 0 fully saturated rings. The van der Waals surface area contributed by atoms with Crippen LogP contribution in [0, 0.1) is 0 Å². The van der Waals surface area contributed by atoms with Crippen molar-refractivity contribution in [2.75, 3.05) is 21.0 Å². The lowest BCUT2D eigenvalue weighted by molar-refractivity contribution is -0.129. The van der Waals surface area contributed by atoms with E-state index in [2.05, 4.69) is 5.16 Å². The lowest BCUT2D eigenvalue weighted by atomic mass is 10.0. The number of fused-ring (bicyclic) bond motifs is 1. The molecule has 118 valence electrons. The summed E-state index contributed by atoms with van der Waals surface area (Å²) in [6.45, 7) is 0.0949. The van der Waals surface area contributed by atoms with Gasteiger partial charge in [0.25, 0.3) is 0 Å². The molecule has 2 heterocycles. The Hall–Kier alpha value is -2.64. The largest absolute Gasteiger partial charge is 0.493 e. The minimum absolute atomic E-state index is 0.0108. The fourth-order valence-electron chi connectivity index (χ4n) is 2.50. The van der Waals surface area contributed by atoms with E-state index in [1.165, 1.54) is 14.2 Å². The molecule has 0 saturated heterocycles. The van der Waals surface area contributed by atoms with E-state index >= 15 is 0 Å². The molecule has 1 aromatic carbocycles. The topological polar surface area (TPSA) is 95.8 Å². The molecular weight excluding hydrogens is 294 g/mol. The molecule has 0 amide bonds. The Kier molecular flexibility index (Phi) is 3.66. The van der Waals surface area contributed by atoms with Crippen molar-refractivity contribution in [3.63, 3.8) is 0 Å². The van der Waals surface area contributed by atoms with Crippen LogP contribution in [0.4, 0.5) is 0 Å². The molecule has 3 rings (SSSR count). The Balaban J connectivity index is 1.87. The number of aliphatic carboxylic acids is 1. The maximum absolute atomic E-state index is 10.9. The third kappa shape index (κ3) is 2.36. The van der Waals surface area contributed by atoms with Gasteiger partial charge in [0, 0.05) is 18.4 Å². The van der Waals surface area contributed by atoms with Gasteiger partial charge in [0.2, 0.25) is 18.3 Å². The van der Waals surface area contributed by atoms with Gasteiger partial charge in [-0.15, -0.1) is 0 Å². The Bertz CT molecular complexity index is 641. The Labute approximate surface area is 126 Å². The van der Waals surface area contributed by atoms with Crippen LogP contribution < -0.4 is 18.9 Å². The van der Waals surface area contributed by atoms with Crippen LogP contribution >= 0.6 is 0 Å². The molecule has 0 saturated carbocycles. The van der Waals surface area contributed by atoms with Crippen LogP contribution in [-0.4, -0.2) is 43.9 Å². The van der Waals surface area contributed by atoms with E-state index in [9.17, 15) is 4.79 Å². The molecule has 0 spiro atoms. The number of methoxy groups -OCH3 is 2. The zero-order chi connectivity index (χ0) is 15.7. The van der Waals surface area contributed by atoms with Crippen molar-refractivity contribution >= 4 is 11.7 Å². The predicted molar refractivity (Wildman–Crippen MR) is 73.9 cm³/mol. The number of benzene rings is 1. The van der Waals surface area contributed by atoms with Crippen molar-refractivity contribution in [3.05, 3.63) is 11.6 Å². The number of carbonyl (C=O) groups is 1. The number of nitrogens with zero attached hydrogens (tertiary/aromatic N) is 1. The average Bonchev–Trinajstić information content (AvgIpc) is 3.15. The SMILES string of the molecule is COc1cc(C[C@H]2CC(C(=O)O)=NO2)c(OC)c2c1OCO2. The second kappa shape index (κ2) is 5.63. The van der Waals surface area contributed by atoms with Crippen LogP contribution in [0.25, 0.3) is 0 Å². The van der Waals surface area contributed by atoms with Gasteiger partial charge in [-0.3, -0.25) is 0 Å². The minimum atomic E-state index is -1.07. The van der Waals surface area contributed by atoms with Crippen LogP contribution in [0.1, 0.15) is 12.0 Å². The van der Waals surface area contributed by atoms with Gasteiger partial charge in [0.1, 0.15) is 6.10 Å². The van der Waals surface area contributed by atoms with Gasteiger partial charge in [0.15, 0.2) is 17.2 Å². The summed E-state index contributed by atoms with van der Waals surface area (Å²) in [4.78, 5) is 16.0. The van der Waals surface area contributed by atoms with Gasteiger partial charge >= 0.3 is 5.97 Å². The van der Waals surface area contributed by atoms with Gasteiger partial charge in [-0.1, -0.05) is 5.16 Å². The van der Waals surface area contributed by atoms with E-state index in [0.29, 0.717) is 29.4 Å². The van der Waals surface area contributed by atoms with Crippen LogP contribution in [0.15, 0.2) is 11.2 Å². The fourth-order valence-corrected chi connectivity index (χ4v) is 2.50. The normalized spacial score (nSPS) is 18.6. The minimum Gasteiger partial charge on any atom is -0.493 e. The zero-order valence-corrected chi connectivity index (χ0v) is 12.1. The summed E-state index contributed by atoms with van der Waals surface area (Å²) in [7, 11) is 3.06. The Morgan fingerprint density at radius 1 is 1.36 bits per heavy atom. The van der Waals surface area contributed by atoms with Crippen LogP contribution in [0.5, 0.6) is 23.0 Å². The second-order valence-corrected chi connectivity index (χ2v) is 4.81. The highest BCUT2D eigenvalue weighted by Gasteiger charge is 2.31. The molecule has 2 aliphatic rings. The molecule has 0 unspecified atom stereocenters. The maximum atomic E-state index is 10.9. The van der Waals surface area contributed by atoms with E-state index in [4.69, 9.17) is 28.9 Å². The first kappa shape index (κ1) is 14.3. The third-order valence-corrected chi connectivity index (χ3v) is 3.49.